The van der Waals surface area contributed by atoms with Crippen molar-refractivity contribution in [3.8, 4) is 5.75 Å². The Bertz CT molecular complexity index is 1410. The Hall–Kier alpha value is -3.41. The van der Waals surface area contributed by atoms with E-state index in [-0.39, 0.29) is 40.1 Å². The molecule has 0 bridgehead atoms. The molecule has 0 aromatic heterocycles. The highest BCUT2D eigenvalue weighted by Gasteiger charge is 2.26. The molecular formula is C24H27N3O6S2. The second-order valence-corrected chi connectivity index (χ2v) is 11.4. The average Bonchev–Trinajstić information content (AvgIpc) is 2.85. The third-order valence-electron chi connectivity index (χ3n) is 5.26. The molecule has 11 heteroatoms. The summed E-state index contributed by atoms with van der Waals surface area (Å²) in [7, 11) is -5.32. The summed E-state index contributed by atoms with van der Waals surface area (Å²) >= 11 is 0. The third-order valence-corrected chi connectivity index (χ3v) is 8.51. The lowest BCUT2D eigenvalue weighted by atomic mass is 10.2. The Morgan fingerprint density at radius 2 is 1.57 bits per heavy atom. The van der Waals surface area contributed by atoms with E-state index >= 15 is 0 Å². The highest BCUT2D eigenvalue weighted by molar-refractivity contribution is 7.92. The van der Waals surface area contributed by atoms with Crippen LogP contribution in [-0.4, -0.2) is 43.4 Å². The Labute approximate surface area is 205 Å². The number of sulfonamides is 2. The first kappa shape index (κ1) is 26.2. The molecule has 9 nitrogen and oxygen atoms in total. The van der Waals surface area contributed by atoms with Gasteiger partial charge in [0.05, 0.1) is 22.6 Å². The number of benzene rings is 3. The maximum Gasteiger partial charge on any atom is 0.264 e. The molecule has 3 aromatic rings. The van der Waals surface area contributed by atoms with E-state index in [1.54, 1.807) is 30.3 Å². The highest BCUT2D eigenvalue weighted by Crippen LogP contribution is 2.33. The first-order valence-electron chi connectivity index (χ1n) is 10.6. The van der Waals surface area contributed by atoms with Crippen molar-refractivity contribution in [1.29, 1.82) is 0 Å². The molecule has 0 aliphatic carbocycles. The molecule has 0 saturated heterocycles. The lowest BCUT2D eigenvalue weighted by Gasteiger charge is -2.22. The van der Waals surface area contributed by atoms with Gasteiger partial charge >= 0.3 is 0 Å². The van der Waals surface area contributed by atoms with Crippen LogP contribution in [0.5, 0.6) is 5.75 Å². The summed E-state index contributed by atoms with van der Waals surface area (Å²) in [6, 6.07) is 18.9. The predicted octanol–water partition coefficient (Wildman–Crippen LogP) is 3.14. The number of amides is 1. The predicted molar refractivity (Wildman–Crippen MR) is 135 cm³/mol. The summed E-state index contributed by atoms with van der Waals surface area (Å²) in [6.07, 6.45) is -0.0845. The number of anilines is 2. The molecule has 0 atom stereocenters. The summed E-state index contributed by atoms with van der Waals surface area (Å²) in [6.45, 7) is 1.72. The van der Waals surface area contributed by atoms with Crippen molar-refractivity contribution < 1.29 is 26.4 Å². The standard InChI is InChI=1S/C24H27N3O6S2/c1-18-9-7-8-12-21(18)26-24(28)15-16-25-34(29,30)20-13-14-23(33-3)22(17-20)27(2)35(31,32)19-10-5-4-6-11-19/h4-14,17,25H,15-16H2,1-3H3,(H,26,28). The van der Waals surface area contributed by atoms with Crippen molar-refractivity contribution in [2.75, 3.05) is 30.3 Å². The molecule has 0 saturated carbocycles. The highest BCUT2D eigenvalue weighted by atomic mass is 32.2. The van der Waals surface area contributed by atoms with E-state index in [0.29, 0.717) is 5.69 Å². The van der Waals surface area contributed by atoms with Gasteiger partial charge in [-0.3, -0.25) is 9.10 Å². The lowest BCUT2D eigenvalue weighted by molar-refractivity contribution is -0.116. The number of hydrogen-bond donors (Lipinski definition) is 2. The number of carbonyl (C=O) groups excluding carboxylic acids is 1. The fourth-order valence-corrected chi connectivity index (χ4v) is 5.54. The number of rotatable bonds is 10. The van der Waals surface area contributed by atoms with Crippen LogP contribution in [0.1, 0.15) is 12.0 Å². The zero-order chi connectivity index (χ0) is 25.6. The number of para-hydroxylation sites is 1. The minimum Gasteiger partial charge on any atom is -0.495 e. The quantitative estimate of drug-likeness (QED) is 0.426. The van der Waals surface area contributed by atoms with Gasteiger partial charge < -0.3 is 10.1 Å². The van der Waals surface area contributed by atoms with Crippen LogP contribution in [-0.2, 0) is 24.8 Å². The zero-order valence-corrected chi connectivity index (χ0v) is 21.2. The van der Waals surface area contributed by atoms with E-state index in [9.17, 15) is 21.6 Å². The Balaban J connectivity index is 1.76. The van der Waals surface area contributed by atoms with Crippen LogP contribution < -0.4 is 19.1 Å². The summed E-state index contributed by atoms with van der Waals surface area (Å²) in [5.41, 5.74) is 1.60. The van der Waals surface area contributed by atoms with Crippen molar-refractivity contribution in [3.63, 3.8) is 0 Å². The Morgan fingerprint density at radius 3 is 2.23 bits per heavy atom. The molecule has 0 radical (unpaired) electrons. The normalized spacial score (nSPS) is 11.6. The van der Waals surface area contributed by atoms with Crippen LogP contribution in [0.25, 0.3) is 0 Å². The van der Waals surface area contributed by atoms with Gasteiger partial charge in [0.1, 0.15) is 5.75 Å². The van der Waals surface area contributed by atoms with Crippen molar-refractivity contribution in [3.05, 3.63) is 78.4 Å². The van der Waals surface area contributed by atoms with Gasteiger partial charge in [-0.25, -0.2) is 21.6 Å². The molecule has 186 valence electrons. The maximum atomic E-state index is 13.0. The maximum absolute atomic E-state index is 13.0. The first-order valence-corrected chi connectivity index (χ1v) is 13.6. The van der Waals surface area contributed by atoms with Gasteiger partial charge in [0.2, 0.25) is 15.9 Å². The van der Waals surface area contributed by atoms with Crippen molar-refractivity contribution >= 4 is 37.3 Å². The summed E-state index contributed by atoms with van der Waals surface area (Å²) in [5, 5.41) is 2.74. The fourth-order valence-electron chi connectivity index (χ4n) is 3.27. The van der Waals surface area contributed by atoms with Crippen molar-refractivity contribution in [2.45, 2.75) is 23.1 Å². The molecule has 2 N–H and O–H groups in total. The van der Waals surface area contributed by atoms with E-state index in [1.165, 1.54) is 44.5 Å². The van der Waals surface area contributed by atoms with Gasteiger partial charge in [0.15, 0.2) is 0 Å². The van der Waals surface area contributed by atoms with Crippen molar-refractivity contribution in [2.24, 2.45) is 0 Å². The number of methoxy groups -OCH3 is 1. The monoisotopic (exact) mass is 517 g/mol. The van der Waals surface area contributed by atoms with E-state index in [2.05, 4.69) is 10.0 Å². The Morgan fingerprint density at radius 1 is 0.914 bits per heavy atom. The summed E-state index contributed by atoms with van der Waals surface area (Å²) in [5.74, 6) is -0.158. The topological polar surface area (TPSA) is 122 Å². The fraction of sp³-hybridized carbons (Fsp3) is 0.208. The smallest absolute Gasteiger partial charge is 0.264 e. The van der Waals surface area contributed by atoms with Gasteiger partial charge in [-0.15, -0.1) is 0 Å². The molecule has 0 fully saturated rings. The summed E-state index contributed by atoms with van der Waals surface area (Å²) in [4.78, 5) is 12.1. The molecule has 0 heterocycles. The second kappa shape index (κ2) is 10.9. The molecule has 0 unspecified atom stereocenters. The van der Waals surface area contributed by atoms with E-state index in [4.69, 9.17) is 4.74 Å². The zero-order valence-electron chi connectivity index (χ0n) is 19.6. The minimum absolute atomic E-state index is 0.0515. The van der Waals surface area contributed by atoms with Gasteiger partial charge in [-0.2, -0.15) is 0 Å². The van der Waals surface area contributed by atoms with Crippen LogP contribution >= 0.6 is 0 Å². The minimum atomic E-state index is -4.04. The number of carbonyl (C=O) groups is 1. The molecule has 3 rings (SSSR count). The molecular weight excluding hydrogens is 490 g/mol. The Kier molecular flexibility index (Phi) is 8.15. The first-order chi connectivity index (χ1) is 16.6. The van der Waals surface area contributed by atoms with Gasteiger partial charge in [-0.05, 0) is 48.9 Å². The van der Waals surface area contributed by atoms with Gasteiger partial charge in [-0.1, -0.05) is 36.4 Å². The average molecular weight is 518 g/mol. The van der Waals surface area contributed by atoms with Crippen LogP contribution in [0.4, 0.5) is 11.4 Å². The van der Waals surface area contributed by atoms with E-state index in [1.807, 2.05) is 19.1 Å². The number of ether oxygens (including phenoxy) is 1. The van der Waals surface area contributed by atoms with Crippen LogP contribution in [0.15, 0.2) is 82.6 Å². The number of aryl methyl sites for hydroxylation is 1. The van der Waals surface area contributed by atoms with Gasteiger partial charge in [0, 0.05) is 25.7 Å². The number of nitrogens with one attached hydrogen (secondary N) is 2. The largest absolute Gasteiger partial charge is 0.495 e. The lowest BCUT2D eigenvalue weighted by Crippen LogP contribution is -2.29. The molecule has 0 spiro atoms. The van der Waals surface area contributed by atoms with Crippen LogP contribution in [0.2, 0.25) is 0 Å². The van der Waals surface area contributed by atoms with Crippen LogP contribution in [0, 0.1) is 6.92 Å². The van der Waals surface area contributed by atoms with Crippen LogP contribution in [0.3, 0.4) is 0 Å². The SMILES string of the molecule is COc1ccc(S(=O)(=O)NCCC(=O)Nc2ccccc2C)cc1N(C)S(=O)(=O)c1ccccc1. The number of nitrogens with zero attached hydrogens (tertiary/aromatic N) is 1. The van der Waals surface area contributed by atoms with E-state index in [0.717, 1.165) is 9.87 Å². The molecule has 3 aromatic carbocycles. The molecule has 35 heavy (non-hydrogen) atoms. The molecule has 0 aliphatic heterocycles. The van der Waals surface area contributed by atoms with E-state index < -0.39 is 20.0 Å². The molecule has 0 aliphatic rings. The van der Waals surface area contributed by atoms with Gasteiger partial charge in [0.25, 0.3) is 10.0 Å². The number of hydrogen-bond acceptors (Lipinski definition) is 6. The van der Waals surface area contributed by atoms with Crippen molar-refractivity contribution in [1.82, 2.24) is 4.72 Å². The molecule has 1 amide bonds. The third kappa shape index (κ3) is 6.18. The second-order valence-electron chi connectivity index (χ2n) is 7.63. The summed E-state index contributed by atoms with van der Waals surface area (Å²) < 4.78 is 60.4.